The molecule has 0 aromatic carbocycles. The number of carbonyl (C=O) groups excluding carboxylic acids is 1. The van der Waals surface area contributed by atoms with Crippen LogP contribution in [0.3, 0.4) is 0 Å². The fourth-order valence-electron chi connectivity index (χ4n) is 6.59. The maximum Gasteiger partial charge on any atom is 0.254 e. The summed E-state index contributed by atoms with van der Waals surface area (Å²) in [6.45, 7) is 9.52. The summed E-state index contributed by atoms with van der Waals surface area (Å²) < 4.78 is 6.88. The molecule has 0 unspecified atom stereocenters. The number of aliphatic hydroxyl groups excluding tert-OH is 1. The summed E-state index contributed by atoms with van der Waals surface area (Å²) in [6, 6.07) is 0. The second-order valence-corrected chi connectivity index (χ2v) is 11.1. The number of nitrogens with one attached hydrogen (secondary N) is 1. The summed E-state index contributed by atoms with van der Waals surface area (Å²) in [5.41, 5.74) is -1.66. The lowest BCUT2D eigenvalue weighted by molar-refractivity contribution is -0.192. The highest BCUT2D eigenvalue weighted by atomic mass is 16.6. The number of hydrogen-bond acceptors (Lipinski definition) is 4. The molecule has 3 fully saturated rings. The molecule has 0 atom stereocenters. The molecule has 2 N–H and O–H groups in total. The van der Waals surface area contributed by atoms with E-state index in [4.69, 9.17) is 4.74 Å². The van der Waals surface area contributed by atoms with Gasteiger partial charge >= 0.3 is 0 Å². The van der Waals surface area contributed by atoms with E-state index in [0.29, 0.717) is 19.4 Å². The van der Waals surface area contributed by atoms with Crippen molar-refractivity contribution in [3.05, 3.63) is 0 Å². The Morgan fingerprint density at radius 1 is 0.862 bits per heavy atom. The molecule has 3 rings (SSSR count). The highest BCUT2D eigenvalue weighted by Gasteiger charge is 2.62. The van der Waals surface area contributed by atoms with Crippen molar-refractivity contribution in [2.75, 3.05) is 13.2 Å². The highest BCUT2D eigenvalue weighted by Crippen LogP contribution is 2.50. The van der Waals surface area contributed by atoms with Crippen molar-refractivity contribution < 1.29 is 14.6 Å². The maximum atomic E-state index is 13.4. The molecular formula is C24H44N2O3. The van der Waals surface area contributed by atoms with Gasteiger partial charge in [-0.05, 0) is 53.4 Å². The van der Waals surface area contributed by atoms with Crippen LogP contribution in [0.5, 0.6) is 0 Å². The van der Waals surface area contributed by atoms with Gasteiger partial charge in [0.25, 0.3) is 5.91 Å². The Morgan fingerprint density at radius 3 is 1.76 bits per heavy atom. The van der Waals surface area contributed by atoms with Crippen LogP contribution in [0.1, 0.15) is 111 Å². The number of hydrogen-bond donors (Lipinski definition) is 2. The average Bonchev–Trinajstić information content (AvgIpc) is 2.85. The van der Waals surface area contributed by atoms with Crippen LogP contribution in [0.25, 0.3) is 0 Å². The smallest absolute Gasteiger partial charge is 0.254 e. The number of likely N-dealkylation sites (tertiary alicyclic amines) is 1. The van der Waals surface area contributed by atoms with Crippen LogP contribution in [0.15, 0.2) is 0 Å². The van der Waals surface area contributed by atoms with Gasteiger partial charge in [0.15, 0.2) is 5.60 Å². The minimum atomic E-state index is -0.754. The Bertz CT molecular complexity index is 542. The fourth-order valence-corrected chi connectivity index (χ4v) is 6.59. The van der Waals surface area contributed by atoms with E-state index in [1.165, 1.54) is 44.9 Å². The van der Waals surface area contributed by atoms with Crippen molar-refractivity contribution in [1.29, 1.82) is 0 Å². The first kappa shape index (κ1) is 23.0. The van der Waals surface area contributed by atoms with Crippen LogP contribution in [0, 0.1) is 0 Å². The number of amides is 1. The van der Waals surface area contributed by atoms with E-state index in [2.05, 4.69) is 37.9 Å². The Labute approximate surface area is 177 Å². The van der Waals surface area contributed by atoms with Crippen molar-refractivity contribution >= 4 is 5.91 Å². The predicted octanol–water partition coefficient (Wildman–Crippen LogP) is 4.52. The lowest BCUT2D eigenvalue weighted by Gasteiger charge is -2.57. The van der Waals surface area contributed by atoms with Crippen LogP contribution in [0.2, 0.25) is 0 Å². The maximum absolute atomic E-state index is 13.4. The number of piperidine rings is 1. The molecule has 168 valence electrons. The summed E-state index contributed by atoms with van der Waals surface area (Å²) in [7, 11) is 0. The number of nitrogens with zero attached hydrogens (tertiary/aromatic N) is 1. The van der Waals surface area contributed by atoms with E-state index < -0.39 is 11.3 Å². The number of ether oxygens (including phenoxy) is 1. The van der Waals surface area contributed by atoms with E-state index >= 15 is 0 Å². The third kappa shape index (κ3) is 4.99. The van der Waals surface area contributed by atoms with Crippen molar-refractivity contribution in [1.82, 2.24) is 10.2 Å². The van der Waals surface area contributed by atoms with Gasteiger partial charge in [-0.2, -0.15) is 0 Å². The van der Waals surface area contributed by atoms with Gasteiger partial charge in [0, 0.05) is 30.5 Å². The largest absolute Gasteiger partial charge is 0.395 e. The summed E-state index contributed by atoms with van der Waals surface area (Å²) in [5, 5.41) is 13.0. The van der Waals surface area contributed by atoms with Crippen molar-refractivity contribution in [3.63, 3.8) is 0 Å². The zero-order valence-corrected chi connectivity index (χ0v) is 19.3. The molecule has 2 aliphatic heterocycles. The van der Waals surface area contributed by atoms with Crippen molar-refractivity contribution in [3.8, 4) is 0 Å². The molecule has 1 aliphatic carbocycles. The summed E-state index contributed by atoms with van der Waals surface area (Å²) in [5.74, 6) is 0.0920. The second kappa shape index (κ2) is 8.84. The normalized spacial score (nSPS) is 29.9. The van der Waals surface area contributed by atoms with Crippen LogP contribution < -0.4 is 5.32 Å². The van der Waals surface area contributed by atoms with E-state index in [1.807, 2.05) is 0 Å². The quantitative estimate of drug-likeness (QED) is 0.705. The Morgan fingerprint density at radius 2 is 1.31 bits per heavy atom. The van der Waals surface area contributed by atoms with Gasteiger partial charge in [-0.3, -0.25) is 9.69 Å². The predicted molar refractivity (Wildman–Crippen MR) is 117 cm³/mol. The lowest BCUT2D eigenvalue weighted by atomic mass is 9.70. The molecule has 0 aromatic rings. The van der Waals surface area contributed by atoms with Gasteiger partial charge in [0.2, 0.25) is 0 Å². The first-order chi connectivity index (χ1) is 13.6. The first-order valence-corrected chi connectivity index (χ1v) is 12.1. The van der Waals surface area contributed by atoms with Gasteiger partial charge in [-0.15, -0.1) is 0 Å². The molecule has 5 heteroatoms. The monoisotopic (exact) mass is 408 g/mol. The van der Waals surface area contributed by atoms with E-state index in [-0.39, 0.29) is 23.6 Å². The molecule has 29 heavy (non-hydrogen) atoms. The molecule has 2 saturated heterocycles. The molecule has 1 amide bonds. The third-order valence-electron chi connectivity index (χ3n) is 7.53. The molecule has 0 radical (unpaired) electrons. The fraction of sp³-hybridized carbons (Fsp3) is 0.958. The molecule has 2 heterocycles. The van der Waals surface area contributed by atoms with E-state index in [0.717, 1.165) is 25.7 Å². The van der Waals surface area contributed by atoms with Crippen molar-refractivity contribution in [2.45, 2.75) is 134 Å². The molecule has 0 aromatic heterocycles. The second-order valence-electron chi connectivity index (χ2n) is 11.1. The van der Waals surface area contributed by atoms with Gasteiger partial charge in [0.1, 0.15) is 5.72 Å². The third-order valence-corrected chi connectivity index (χ3v) is 7.53. The molecule has 3 aliphatic rings. The van der Waals surface area contributed by atoms with Crippen LogP contribution in [0.4, 0.5) is 0 Å². The van der Waals surface area contributed by atoms with Gasteiger partial charge in [-0.25, -0.2) is 0 Å². The first-order valence-electron chi connectivity index (χ1n) is 12.1. The number of carbonyl (C=O) groups is 1. The molecule has 0 bridgehead atoms. The van der Waals surface area contributed by atoms with E-state index in [1.54, 1.807) is 0 Å². The van der Waals surface area contributed by atoms with Crippen LogP contribution >= 0.6 is 0 Å². The summed E-state index contributed by atoms with van der Waals surface area (Å²) >= 11 is 0. The lowest BCUT2D eigenvalue weighted by Crippen LogP contribution is -2.67. The minimum absolute atomic E-state index is 0.0920. The van der Waals surface area contributed by atoms with E-state index in [9.17, 15) is 9.90 Å². The summed E-state index contributed by atoms with van der Waals surface area (Å²) in [6.07, 6.45) is 14.6. The molecule has 2 spiro atoms. The minimum Gasteiger partial charge on any atom is -0.395 e. The number of rotatable bonds is 2. The Hall–Kier alpha value is -0.650. The molecular weight excluding hydrogens is 364 g/mol. The van der Waals surface area contributed by atoms with Crippen molar-refractivity contribution in [2.24, 2.45) is 0 Å². The highest BCUT2D eigenvalue weighted by molar-refractivity contribution is 5.88. The van der Waals surface area contributed by atoms with Gasteiger partial charge in [-0.1, -0.05) is 44.9 Å². The van der Waals surface area contributed by atoms with Gasteiger partial charge in [0.05, 0.1) is 6.61 Å². The number of aliphatic hydroxyl groups is 1. The summed E-state index contributed by atoms with van der Waals surface area (Å²) in [4.78, 5) is 15.8. The van der Waals surface area contributed by atoms with Crippen LogP contribution in [-0.4, -0.2) is 51.5 Å². The Balaban J connectivity index is 1.81. The molecule has 5 nitrogen and oxygen atoms in total. The van der Waals surface area contributed by atoms with Gasteiger partial charge < -0.3 is 15.2 Å². The zero-order valence-electron chi connectivity index (χ0n) is 19.3. The SMILES string of the molecule is CC1(C)CC2(CC(C)(C)N1CCO)OC1(CCCCCCCCCCC1)NC2=O. The number of β-amino-alcohol motifs (C(OH)–C–C–N with tert-alkyl or cyclic N) is 1. The topological polar surface area (TPSA) is 61.8 Å². The standard InChI is InChI=1S/C24H44N2O3/c1-21(2)18-23(19-22(3,4)26(21)16-17-27)20(28)25-24(29-23)14-12-10-8-6-5-7-9-11-13-15-24/h27H,5-19H2,1-4H3,(H,25,28). The zero-order chi connectivity index (χ0) is 21.2. The Kier molecular flexibility index (Phi) is 7.02. The molecule has 1 saturated carbocycles. The van der Waals surface area contributed by atoms with Crippen LogP contribution in [-0.2, 0) is 9.53 Å². The average molecular weight is 409 g/mol.